The second-order valence-corrected chi connectivity index (χ2v) is 8.91. The van der Waals surface area contributed by atoms with Gasteiger partial charge in [0.1, 0.15) is 5.82 Å². The van der Waals surface area contributed by atoms with E-state index in [4.69, 9.17) is 0 Å². The summed E-state index contributed by atoms with van der Waals surface area (Å²) in [5, 5.41) is 9.24. The minimum atomic E-state index is 0.111. The largest absolute Gasteiger partial charge is 0.318 e. The fraction of sp³-hybridized carbons (Fsp3) is 0.381. The van der Waals surface area contributed by atoms with Crippen molar-refractivity contribution in [2.24, 2.45) is 7.05 Å². The summed E-state index contributed by atoms with van der Waals surface area (Å²) in [6.07, 6.45) is 2.07. The maximum atomic E-state index is 12.9. The molecule has 148 valence electrons. The van der Waals surface area contributed by atoms with E-state index in [1.807, 2.05) is 31.5 Å². The lowest BCUT2D eigenvalue weighted by molar-refractivity contribution is 0.102. The van der Waals surface area contributed by atoms with Gasteiger partial charge in [0.25, 0.3) is 0 Å². The van der Waals surface area contributed by atoms with Gasteiger partial charge in [-0.1, -0.05) is 31.7 Å². The van der Waals surface area contributed by atoms with Crippen LogP contribution in [0.15, 0.2) is 40.4 Å². The fourth-order valence-corrected chi connectivity index (χ4v) is 4.61. The molecule has 28 heavy (non-hydrogen) atoms. The fourth-order valence-electron chi connectivity index (χ4n) is 3.35. The van der Waals surface area contributed by atoms with Crippen molar-refractivity contribution in [1.29, 1.82) is 0 Å². The molecule has 0 saturated heterocycles. The van der Waals surface area contributed by atoms with Crippen molar-refractivity contribution in [3.8, 4) is 5.69 Å². The molecule has 1 aromatic carbocycles. The number of thioether (sulfide) groups is 2. The van der Waals surface area contributed by atoms with Crippen molar-refractivity contribution in [3.05, 3.63) is 53.1 Å². The van der Waals surface area contributed by atoms with Crippen LogP contribution < -0.4 is 0 Å². The zero-order chi connectivity index (χ0) is 20.4. The Morgan fingerprint density at radius 3 is 2.57 bits per heavy atom. The van der Waals surface area contributed by atoms with Crippen LogP contribution >= 0.6 is 23.5 Å². The van der Waals surface area contributed by atoms with Crippen LogP contribution in [-0.4, -0.2) is 37.1 Å². The summed E-state index contributed by atoms with van der Waals surface area (Å²) in [5.41, 5.74) is 3.89. The van der Waals surface area contributed by atoms with Gasteiger partial charge in [0.15, 0.2) is 10.9 Å². The smallest absolute Gasteiger partial charge is 0.191 e. The van der Waals surface area contributed by atoms with Gasteiger partial charge in [-0.3, -0.25) is 4.79 Å². The van der Waals surface area contributed by atoms with Crippen LogP contribution in [-0.2, 0) is 7.05 Å². The average molecular weight is 415 g/mol. The first-order chi connectivity index (χ1) is 13.3. The number of carbonyl (C=O) groups is 1. The van der Waals surface area contributed by atoms with Crippen molar-refractivity contribution in [1.82, 2.24) is 19.3 Å². The molecule has 7 heteroatoms. The highest BCUT2D eigenvalue weighted by Gasteiger charge is 2.19. The molecule has 2 heterocycles. The number of hydrogen-bond acceptors (Lipinski definition) is 5. The van der Waals surface area contributed by atoms with E-state index in [9.17, 15) is 4.79 Å². The summed E-state index contributed by atoms with van der Waals surface area (Å²) in [5.74, 6) is 1.69. The third kappa shape index (κ3) is 4.05. The highest BCUT2D eigenvalue weighted by Crippen LogP contribution is 2.26. The Labute approximate surface area is 174 Å². The topological polar surface area (TPSA) is 52.7 Å². The molecule has 0 saturated carbocycles. The van der Waals surface area contributed by atoms with E-state index in [1.54, 1.807) is 11.8 Å². The highest BCUT2D eigenvalue weighted by atomic mass is 32.2. The maximum Gasteiger partial charge on any atom is 0.191 e. The van der Waals surface area contributed by atoms with Gasteiger partial charge in [-0.15, -0.1) is 22.0 Å². The predicted molar refractivity (Wildman–Crippen MR) is 117 cm³/mol. The first-order valence-corrected chi connectivity index (χ1v) is 11.4. The van der Waals surface area contributed by atoms with E-state index in [1.165, 1.54) is 16.7 Å². The molecule has 0 bridgehead atoms. The lowest BCUT2D eigenvalue weighted by Gasteiger charge is -2.11. The molecule has 0 unspecified atom stereocenters. The van der Waals surface area contributed by atoms with Crippen LogP contribution in [0.2, 0.25) is 0 Å². The Bertz CT molecular complexity index is 1000. The predicted octanol–water partition coefficient (Wildman–Crippen LogP) is 5.04. The number of hydrogen-bond donors (Lipinski definition) is 0. The molecule has 3 aromatic rings. The molecule has 0 spiro atoms. The minimum Gasteiger partial charge on any atom is -0.318 e. The molecule has 0 amide bonds. The molecular weight excluding hydrogens is 388 g/mol. The van der Waals surface area contributed by atoms with Crippen molar-refractivity contribution in [3.63, 3.8) is 0 Å². The Kier molecular flexibility index (Phi) is 6.35. The van der Waals surface area contributed by atoms with Gasteiger partial charge < -0.3 is 9.13 Å². The Morgan fingerprint density at radius 1 is 1.18 bits per heavy atom. The summed E-state index contributed by atoms with van der Waals surface area (Å²) in [4.78, 5) is 14.1. The molecule has 0 N–H and O–H groups in total. The second kappa shape index (κ2) is 8.57. The molecule has 5 nitrogen and oxygen atoms in total. The van der Waals surface area contributed by atoms with E-state index in [0.717, 1.165) is 33.6 Å². The lowest BCUT2D eigenvalue weighted by atomic mass is 10.2. The average Bonchev–Trinajstić information content (AvgIpc) is 3.19. The third-order valence-electron chi connectivity index (χ3n) is 4.76. The summed E-state index contributed by atoms with van der Waals surface area (Å²) in [7, 11) is 1.95. The molecule has 0 fully saturated rings. The second-order valence-electron chi connectivity index (χ2n) is 7.09. The third-order valence-corrected chi connectivity index (χ3v) is 6.51. The molecule has 0 aliphatic carbocycles. The molecular formula is C21H26N4OS2. The number of benzene rings is 1. The van der Waals surface area contributed by atoms with Crippen LogP contribution in [0.5, 0.6) is 0 Å². The first-order valence-electron chi connectivity index (χ1n) is 9.22. The number of aryl methyl sites for hydroxylation is 1. The zero-order valence-corrected chi connectivity index (χ0v) is 18.8. The number of nitrogens with zero attached hydrogens (tertiary/aromatic N) is 4. The molecule has 0 aliphatic heterocycles. The SMILES string of the molecule is CSc1cccc(-n2c(C)cc(C(=O)CSc3nnc(C(C)C)n3C)c2C)c1. The molecule has 0 radical (unpaired) electrons. The molecule has 2 aromatic heterocycles. The Balaban J connectivity index is 1.81. The minimum absolute atomic E-state index is 0.111. The van der Waals surface area contributed by atoms with E-state index in [0.29, 0.717) is 11.7 Å². The number of rotatable bonds is 7. The van der Waals surface area contributed by atoms with E-state index >= 15 is 0 Å². The number of ketones is 1. The lowest BCUT2D eigenvalue weighted by Crippen LogP contribution is -2.07. The first kappa shape index (κ1) is 20.7. The van der Waals surface area contributed by atoms with Crippen LogP contribution in [0, 0.1) is 13.8 Å². The van der Waals surface area contributed by atoms with Crippen molar-refractivity contribution in [2.45, 2.75) is 43.7 Å². The van der Waals surface area contributed by atoms with Crippen LogP contribution in [0.3, 0.4) is 0 Å². The molecule has 3 rings (SSSR count). The van der Waals surface area contributed by atoms with Crippen molar-refractivity contribution < 1.29 is 4.79 Å². The Hall–Kier alpha value is -1.99. The molecule has 0 atom stereocenters. The van der Waals surface area contributed by atoms with Gasteiger partial charge in [0.2, 0.25) is 0 Å². The monoisotopic (exact) mass is 414 g/mol. The highest BCUT2D eigenvalue weighted by molar-refractivity contribution is 7.99. The van der Waals surface area contributed by atoms with Gasteiger partial charge in [-0.2, -0.15) is 0 Å². The Morgan fingerprint density at radius 2 is 1.93 bits per heavy atom. The zero-order valence-electron chi connectivity index (χ0n) is 17.2. The van der Waals surface area contributed by atoms with E-state index in [2.05, 4.69) is 59.1 Å². The normalized spacial score (nSPS) is 11.4. The van der Waals surface area contributed by atoms with Gasteiger partial charge in [-0.05, 0) is 44.4 Å². The number of aromatic nitrogens is 4. The number of Topliss-reactive ketones (excluding diaryl/α,β-unsaturated/α-hetero) is 1. The summed E-state index contributed by atoms with van der Waals surface area (Å²) in [6, 6.07) is 10.4. The quantitative estimate of drug-likeness (QED) is 0.400. The maximum absolute atomic E-state index is 12.9. The van der Waals surface area contributed by atoms with E-state index in [-0.39, 0.29) is 5.78 Å². The van der Waals surface area contributed by atoms with Crippen LogP contribution in [0.25, 0.3) is 5.69 Å². The summed E-state index contributed by atoms with van der Waals surface area (Å²) < 4.78 is 4.12. The van der Waals surface area contributed by atoms with Gasteiger partial charge in [0, 0.05) is 40.5 Å². The van der Waals surface area contributed by atoms with Crippen molar-refractivity contribution in [2.75, 3.05) is 12.0 Å². The van der Waals surface area contributed by atoms with E-state index < -0.39 is 0 Å². The number of carbonyl (C=O) groups excluding carboxylic acids is 1. The summed E-state index contributed by atoms with van der Waals surface area (Å²) >= 11 is 3.16. The van der Waals surface area contributed by atoms with Crippen LogP contribution in [0.4, 0.5) is 0 Å². The van der Waals surface area contributed by atoms with Gasteiger partial charge in [0.05, 0.1) is 5.75 Å². The van der Waals surface area contributed by atoms with Gasteiger partial charge in [-0.25, -0.2) is 0 Å². The van der Waals surface area contributed by atoms with Crippen LogP contribution in [0.1, 0.15) is 47.3 Å². The summed E-state index contributed by atoms with van der Waals surface area (Å²) in [6.45, 7) is 8.23. The standard InChI is InChI=1S/C21H26N4OS2/c1-13(2)20-22-23-21(24(20)5)28-12-19(26)18-10-14(3)25(15(18)4)16-8-7-9-17(11-16)27-6/h7-11,13H,12H2,1-6H3. The van der Waals surface area contributed by atoms with Crippen molar-refractivity contribution >= 4 is 29.3 Å². The molecule has 0 aliphatic rings. The van der Waals surface area contributed by atoms with Gasteiger partial charge >= 0.3 is 0 Å².